The van der Waals surface area contributed by atoms with E-state index < -0.39 is 11.8 Å². The number of hydrogen-bond donors (Lipinski definition) is 2. The van der Waals surface area contributed by atoms with Gasteiger partial charge in [-0.05, 0) is 12.1 Å². The second-order valence-corrected chi connectivity index (χ2v) is 2.08. The first-order valence-corrected chi connectivity index (χ1v) is 3.36. The van der Waals surface area contributed by atoms with Crippen LogP contribution in [-0.2, 0) is 9.59 Å². The van der Waals surface area contributed by atoms with Crippen molar-refractivity contribution in [1.29, 1.82) is 0 Å². The number of amides is 2. The Kier molecular flexibility index (Phi) is 2.80. The number of nitrogens with zero attached hydrogens (tertiary/aromatic N) is 1. The van der Waals surface area contributed by atoms with Crippen molar-refractivity contribution >= 4 is 18.0 Å². The molecule has 0 spiro atoms. The Balaban J connectivity index is 2.43. The summed E-state index contributed by atoms with van der Waals surface area (Å²) < 4.78 is 4.86. The molecule has 0 radical (unpaired) electrons. The maximum Gasteiger partial charge on any atom is 0.329 e. The van der Waals surface area contributed by atoms with E-state index in [1.807, 2.05) is 5.43 Å². The third kappa shape index (κ3) is 2.78. The summed E-state index contributed by atoms with van der Waals surface area (Å²) in [5.41, 5.74) is 6.56. The number of carbonyl (C=O) groups excluding carboxylic acids is 2. The molecule has 0 aliphatic heterocycles. The zero-order valence-corrected chi connectivity index (χ0v) is 6.56. The van der Waals surface area contributed by atoms with Crippen molar-refractivity contribution in [2.45, 2.75) is 0 Å². The predicted molar refractivity (Wildman–Crippen MR) is 43.6 cm³/mol. The molecular weight excluding hydrogens is 174 g/mol. The minimum Gasteiger partial charge on any atom is -0.463 e. The molecular formula is C7H7N3O3. The number of nitrogens with one attached hydrogen (secondary N) is 1. The lowest BCUT2D eigenvalue weighted by molar-refractivity contribution is -0.137. The normalized spacial score (nSPS) is 10.2. The summed E-state index contributed by atoms with van der Waals surface area (Å²) in [4.78, 5) is 20.7. The van der Waals surface area contributed by atoms with E-state index in [0.717, 1.165) is 0 Å². The first-order chi connectivity index (χ1) is 6.20. The number of primary amides is 1. The Hall–Kier alpha value is -2.11. The van der Waals surface area contributed by atoms with Crippen molar-refractivity contribution in [3.8, 4) is 0 Å². The van der Waals surface area contributed by atoms with E-state index >= 15 is 0 Å². The Morgan fingerprint density at radius 3 is 2.92 bits per heavy atom. The number of hydrazone groups is 1. The summed E-state index contributed by atoms with van der Waals surface area (Å²) in [6.45, 7) is 0. The molecule has 3 N–H and O–H groups in total. The molecule has 0 saturated heterocycles. The van der Waals surface area contributed by atoms with Gasteiger partial charge in [-0.25, -0.2) is 5.43 Å². The largest absolute Gasteiger partial charge is 0.463 e. The molecule has 0 aliphatic carbocycles. The zero-order chi connectivity index (χ0) is 9.68. The molecule has 6 nitrogen and oxygen atoms in total. The molecule has 2 amide bonds. The zero-order valence-electron chi connectivity index (χ0n) is 6.56. The summed E-state index contributed by atoms with van der Waals surface area (Å²) in [6, 6.07) is 3.30. The number of carbonyl (C=O) groups is 2. The van der Waals surface area contributed by atoms with Gasteiger partial charge in [0.2, 0.25) is 0 Å². The van der Waals surface area contributed by atoms with E-state index in [0.29, 0.717) is 5.76 Å². The van der Waals surface area contributed by atoms with Crippen LogP contribution in [0.1, 0.15) is 5.76 Å². The highest BCUT2D eigenvalue weighted by Crippen LogP contribution is 1.94. The van der Waals surface area contributed by atoms with Crippen LogP contribution in [0.5, 0.6) is 0 Å². The van der Waals surface area contributed by atoms with Crippen LogP contribution < -0.4 is 11.2 Å². The van der Waals surface area contributed by atoms with Crippen molar-refractivity contribution in [2.75, 3.05) is 0 Å². The number of hydrogen-bond acceptors (Lipinski definition) is 4. The first kappa shape index (κ1) is 8.98. The fourth-order valence-electron chi connectivity index (χ4n) is 0.574. The summed E-state index contributed by atoms with van der Waals surface area (Å²) in [5, 5.41) is 3.42. The van der Waals surface area contributed by atoms with Crippen LogP contribution in [0.15, 0.2) is 27.9 Å². The topological polar surface area (TPSA) is 97.7 Å². The molecule has 1 heterocycles. The van der Waals surface area contributed by atoms with E-state index in [2.05, 4.69) is 10.8 Å². The monoisotopic (exact) mass is 181 g/mol. The fraction of sp³-hybridized carbons (Fsp3) is 0. The second-order valence-electron chi connectivity index (χ2n) is 2.08. The molecule has 1 aromatic rings. The Morgan fingerprint density at radius 2 is 2.38 bits per heavy atom. The van der Waals surface area contributed by atoms with Gasteiger partial charge >= 0.3 is 11.8 Å². The highest BCUT2D eigenvalue weighted by atomic mass is 16.3. The fourth-order valence-corrected chi connectivity index (χ4v) is 0.574. The smallest absolute Gasteiger partial charge is 0.329 e. The molecule has 0 saturated carbocycles. The van der Waals surface area contributed by atoms with Gasteiger partial charge in [0, 0.05) is 0 Å². The quantitative estimate of drug-likeness (QED) is 0.355. The van der Waals surface area contributed by atoms with E-state index in [9.17, 15) is 9.59 Å². The van der Waals surface area contributed by atoms with Crippen molar-refractivity contribution in [2.24, 2.45) is 10.8 Å². The van der Waals surface area contributed by atoms with E-state index in [1.165, 1.54) is 12.5 Å². The lowest BCUT2D eigenvalue weighted by Crippen LogP contribution is -2.32. The van der Waals surface area contributed by atoms with Gasteiger partial charge in [-0.2, -0.15) is 5.10 Å². The number of nitrogens with two attached hydrogens (primary N) is 1. The highest BCUT2D eigenvalue weighted by molar-refractivity contribution is 6.34. The highest BCUT2D eigenvalue weighted by Gasteiger charge is 2.05. The van der Waals surface area contributed by atoms with Crippen LogP contribution in [0.2, 0.25) is 0 Å². The SMILES string of the molecule is NC(=O)C(=O)N/N=C\c1ccco1. The Labute approximate surface area is 73.4 Å². The molecule has 68 valence electrons. The van der Waals surface area contributed by atoms with Gasteiger partial charge < -0.3 is 10.2 Å². The van der Waals surface area contributed by atoms with Crippen LogP contribution in [0.25, 0.3) is 0 Å². The molecule has 0 aliphatic rings. The van der Waals surface area contributed by atoms with Crippen molar-refractivity contribution < 1.29 is 14.0 Å². The molecule has 1 aromatic heterocycles. The third-order valence-corrected chi connectivity index (χ3v) is 1.12. The molecule has 6 heteroatoms. The van der Waals surface area contributed by atoms with Crippen molar-refractivity contribution in [1.82, 2.24) is 5.43 Å². The van der Waals surface area contributed by atoms with Crippen molar-refractivity contribution in [3.63, 3.8) is 0 Å². The molecule has 0 unspecified atom stereocenters. The summed E-state index contributed by atoms with van der Waals surface area (Å²) >= 11 is 0. The minimum absolute atomic E-state index is 0.463. The standard InChI is InChI=1S/C7H7N3O3/c8-6(11)7(12)10-9-4-5-2-1-3-13-5/h1-4H,(H2,8,11)(H,10,12)/b9-4-. The van der Waals surface area contributed by atoms with Crippen LogP contribution >= 0.6 is 0 Å². The lowest BCUT2D eigenvalue weighted by atomic mass is 10.5. The Bertz CT molecular complexity index is 329. The minimum atomic E-state index is -1.09. The number of rotatable bonds is 2. The molecule has 0 fully saturated rings. The van der Waals surface area contributed by atoms with Crippen LogP contribution in [-0.4, -0.2) is 18.0 Å². The lowest BCUT2D eigenvalue weighted by Gasteiger charge is -1.91. The van der Waals surface area contributed by atoms with E-state index in [-0.39, 0.29) is 0 Å². The maximum atomic E-state index is 10.5. The van der Waals surface area contributed by atoms with Crippen LogP contribution in [0, 0.1) is 0 Å². The molecule has 13 heavy (non-hydrogen) atoms. The third-order valence-electron chi connectivity index (χ3n) is 1.12. The molecule has 1 rings (SSSR count). The maximum absolute atomic E-state index is 10.5. The average molecular weight is 181 g/mol. The van der Waals surface area contributed by atoms with Gasteiger partial charge in [0.05, 0.1) is 12.5 Å². The number of furan rings is 1. The van der Waals surface area contributed by atoms with Gasteiger partial charge in [0.1, 0.15) is 5.76 Å². The Morgan fingerprint density at radius 1 is 1.62 bits per heavy atom. The van der Waals surface area contributed by atoms with Crippen LogP contribution in [0.4, 0.5) is 0 Å². The van der Waals surface area contributed by atoms with E-state index in [1.54, 1.807) is 12.1 Å². The van der Waals surface area contributed by atoms with Gasteiger partial charge in [-0.15, -0.1) is 0 Å². The van der Waals surface area contributed by atoms with Gasteiger partial charge in [-0.3, -0.25) is 9.59 Å². The molecule has 0 aromatic carbocycles. The van der Waals surface area contributed by atoms with Gasteiger partial charge in [0.15, 0.2) is 0 Å². The predicted octanol–water partition coefficient (Wildman–Crippen LogP) is -0.785. The van der Waals surface area contributed by atoms with Crippen molar-refractivity contribution in [3.05, 3.63) is 24.2 Å². The first-order valence-electron chi connectivity index (χ1n) is 3.36. The van der Waals surface area contributed by atoms with Gasteiger partial charge in [-0.1, -0.05) is 0 Å². The molecule has 0 atom stereocenters. The summed E-state index contributed by atoms with van der Waals surface area (Å²) in [7, 11) is 0. The second kappa shape index (κ2) is 4.05. The summed E-state index contributed by atoms with van der Waals surface area (Å²) in [6.07, 6.45) is 2.71. The average Bonchev–Trinajstić information content (AvgIpc) is 2.56. The van der Waals surface area contributed by atoms with E-state index in [4.69, 9.17) is 4.42 Å². The van der Waals surface area contributed by atoms with Crippen LogP contribution in [0.3, 0.4) is 0 Å². The van der Waals surface area contributed by atoms with Gasteiger partial charge in [0.25, 0.3) is 0 Å². The molecule has 0 bridgehead atoms. The summed E-state index contributed by atoms with van der Waals surface area (Å²) in [5.74, 6) is -1.59.